The van der Waals surface area contributed by atoms with Gasteiger partial charge in [0.2, 0.25) is 11.9 Å². The molecule has 3 aromatic heterocycles. The third kappa shape index (κ3) is 5.05. The molecule has 10 nitrogen and oxygen atoms in total. The lowest BCUT2D eigenvalue weighted by molar-refractivity contribution is -0.131. The number of piperazine rings is 1. The van der Waals surface area contributed by atoms with Crippen molar-refractivity contribution < 1.29 is 4.79 Å². The highest BCUT2D eigenvalue weighted by molar-refractivity contribution is 5.81. The van der Waals surface area contributed by atoms with Crippen molar-refractivity contribution >= 4 is 40.2 Å². The molecule has 36 heavy (non-hydrogen) atoms. The zero-order valence-corrected chi connectivity index (χ0v) is 21.0. The minimum atomic E-state index is 0.123. The van der Waals surface area contributed by atoms with Crippen molar-refractivity contribution in [2.75, 3.05) is 54.4 Å². The number of hydrogen-bond acceptors (Lipinski definition) is 8. The monoisotopic (exact) mass is 487 g/mol. The van der Waals surface area contributed by atoms with E-state index in [9.17, 15) is 4.79 Å². The minimum absolute atomic E-state index is 0.123. The van der Waals surface area contributed by atoms with Gasteiger partial charge < -0.3 is 20.0 Å². The van der Waals surface area contributed by atoms with E-state index in [0.717, 1.165) is 61.7 Å². The number of fused-ring (bicyclic) bond motifs is 1. The van der Waals surface area contributed by atoms with Gasteiger partial charge in [0.25, 0.3) is 0 Å². The average Bonchev–Trinajstić information content (AvgIpc) is 3.57. The number of anilines is 4. The molecule has 2 saturated heterocycles. The van der Waals surface area contributed by atoms with Gasteiger partial charge in [-0.3, -0.25) is 9.48 Å². The van der Waals surface area contributed by atoms with Crippen molar-refractivity contribution in [2.24, 2.45) is 0 Å². The van der Waals surface area contributed by atoms with E-state index >= 15 is 0 Å². The quantitative estimate of drug-likeness (QED) is 0.508. The smallest absolute Gasteiger partial charge is 0.229 e. The fourth-order valence-corrected chi connectivity index (χ4v) is 4.78. The Morgan fingerprint density at radius 3 is 2.53 bits per heavy atom. The lowest BCUT2D eigenvalue weighted by atomic mass is 10.2. The topological polar surface area (TPSA) is 95.3 Å². The maximum atomic E-state index is 12.4. The van der Waals surface area contributed by atoms with Crippen LogP contribution in [0.15, 0.2) is 24.5 Å². The molecule has 0 unspecified atom stereocenters. The van der Waals surface area contributed by atoms with Gasteiger partial charge >= 0.3 is 0 Å². The Bertz CT molecular complexity index is 1260. The number of amides is 1. The summed E-state index contributed by atoms with van der Waals surface area (Å²) in [5.41, 5.74) is 1.03. The van der Waals surface area contributed by atoms with Crippen LogP contribution in [0.25, 0.3) is 10.9 Å². The van der Waals surface area contributed by atoms with E-state index < -0.39 is 0 Å². The van der Waals surface area contributed by atoms with E-state index in [1.807, 2.05) is 34.1 Å². The van der Waals surface area contributed by atoms with Crippen LogP contribution in [0.2, 0.25) is 0 Å². The Balaban J connectivity index is 1.38. The first-order valence-electron chi connectivity index (χ1n) is 12.7. The molecule has 0 saturated carbocycles. The third-order valence-electron chi connectivity index (χ3n) is 6.75. The van der Waals surface area contributed by atoms with Crippen molar-refractivity contribution in [3.63, 3.8) is 0 Å². The first-order chi connectivity index (χ1) is 17.5. The molecule has 5 heterocycles. The molecule has 1 N–H and O–H groups in total. The number of rotatable bonds is 7. The number of hydrogen-bond donors (Lipinski definition) is 1. The van der Waals surface area contributed by atoms with Crippen molar-refractivity contribution in [1.82, 2.24) is 29.6 Å². The molecule has 1 amide bonds. The Kier molecular flexibility index (Phi) is 6.89. The second kappa shape index (κ2) is 10.4. The maximum absolute atomic E-state index is 12.4. The van der Waals surface area contributed by atoms with E-state index in [4.69, 9.17) is 16.4 Å². The normalized spacial score (nSPS) is 16.1. The van der Waals surface area contributed by atoms with Crippen molar-refractivity contribution in [3.05, 3.63) is 24.5 Å². The molecule has 10 heteroatoms. The molecule has 2 aliphatic rings. The van der Waals surface area contributed by atoms with Gasteiger partial charge in [0.1, 0.15) is 17.5 Å². The number of nitrogens with one attached hydrogen (secondary N) is 1. The molecule has 0 spiro atoms. The Hall–Kier alpha value is -3.87. The molecule has 188 valence electrons. The first kappa shape index (κ1) is 23.9. The molecule has 0 bridgehead atoms. The zero-order chi connectivity index (χ0) is 25.1. The Morgan fingerprint density at radius 1 is 1.03 bits per heavy atom. The summed E-state index contributed by atoms with van der Waals surface area (Å²) >= 11 is 0. The average molecular weight is 488 g/mol. The lowest BCUT2D eigenvalue weighted by Gasteiger charge is -2.35. The summed E-state index contributed by atoms with van der Waals surface area (Å²) in [7, 11) is 0. The van der Waals surface area contributed by atoms with E-state index in [-0.39, 0.29) is 11.9 Å². The first-order valence-corrected chi connectivity index (χ1v) is 12.7. The van der Waals surface area contributed by atoms with E-state index in [1.165, 1.54) is 0 Å². The van der Waals surface area contributed by atoms with Crippen LogP contribution in [-0.2, 0) is 4.79 Å². The third-order valence-corrected chi connectivity index (χ3v) is 6.75. The zero-order valence-electron chi connectivity index (χ0n) is 21.0. The summed E-state index contributed by atoms with van der Waals surface area (Å²) in [6, 6.07) is 4.24. The van der Waals surface area contributed by atoms with Gasteiger partial charge in [-0.05, 0) is 26.7 Å². The highest BCUT2D eigenvalue weighted by Crippen LogP contribution is 2.27. The van der Waals surface area contributed by atoms with Crippen LogP contribution in [0, 0.1) is 12.3 Å². The summed E-state index contributed by atoms with van der Waals surface area (Å²) in [5, 5.41) is 8.90. The number of aromatic nitrogens is 5. The van der Waals surface area contributed by atoms with Crippen LogP contribution >= 0.6 is 0 Å². The molecule has 2 fully saturated rings. The van der Waals surface area contributed by atoms with Gasteiger partial charge in [0.15, 0.2) is 0 Å². The number of pyridine rings is 1. The molecular weight excluding hydrogens is 454 g/mol. The van der Waals surface area contributed by atoms with E-state index in [0.29, 0.717) is 37.6 Å². The SMILES string of the molecule is C#CCCC(=O)N1CCN(c2cc(Nc3cc4c(cn3)cnn4C(C)C)nc(N3CCCC3)n2)CC1. The molecule has 0 radical (unpaired) electrons. The van der Waals surface area contributed by atoms with Gasteiger partial charge in [-0.2, -0.15) is 15.1 Å². The number of nitrogens with zero attached hydrogens (tertiary/aromatic N) is 8. The van der Waals surface area contributed by atoms with Crippen LogP contribution in [0.3, 0.4) is 0 Å². The van der Waals surface area contributed by atoms with Gasteiger partial charge in [-0.15, -0.1) is 12.3 Å². The van der Waals surface area contributed by atoms with Crippen LogP contribution in [0.1, 0.15) is 45.6 Å². The highest BCUT2D eigenvalue weighted by atomic mass is 16.2. The van der Waals surface area contributed by atoms with Crippen LogP contribution in [0.4, 0.5) is 23.4 Å². The standard InChI is InChI=1S/C26H33N9O/c1-4-5-8-25(36)33-13-11-32(12-14-33)24-16-23(30-26(31-24)34-9-6-7-10-34)29-22-15-21-20(17-27-22)18-28-35(21)19(2)3/h1,15-19H,5-14H2,2-3H3,(H,27,29,30,31). The summed E-state index contributed by atoms with van der Waals surface area (Å²) in [5.74, 6) is 5.68. The summed E-state index contributed by atoms with van der Waals surface area (Å²) in [6.45, 7) is 8.89. The second-order valence-electron chi connectivity index (χ2n) is 9.61. The van der Waals surface area contributed by atoms with Crippen molar-refractivity contribution in [1.29, 1.82) is 0 Å². The second-order valence-corrected chi connectivity index (χ2v) is 9.61. The van der Waals surface area contributed by atoms with Gasteiger partial charge in [-0.25, -0.2) is 4.98 Å². The summed E-state index contributed by atoms with van der Waals surface area (Å²) in [4.78, 5) is 33.1. The predicted octanol–water partition coefficient (Wildman–Crippen LogP) is 3.21. The predicted molar refractivity (Wildman–Crippen MR) is 142 cm³/mol. The van der Waals surface area contributed by atoms with Gasteiger partial charge in [0, 0.05) is 81.9 Å². The summed E-state index contributed by atoms with van der Waals surface area (Å²) in [6.07, 6.45) is 12.2. The number of carbonyl (C=O) groups excluding carboxylic acids is 1. The maximum Gasteiger partial charge on any atom is 0.229 e. The Morgan fingerprint density at radius 2 is 1.81 bits per heavy atom. The molecule has 0 aliphatic carbocycles. The van der Waals surface area contributed by atoms with Gasteiger partial charge in [-0.1, -0.05) is 0 Å². The fraction of sp³-hybridized carbons (Fsp3) is 0.500. The van der Waals surface area contributed by atoms with E-state index in [2.05, 4.69) is 45.0 Å². The fourth-order valence-electron chi connectivity index (χ4n) is 4.78. The largest absolute Gasteiger partial charge is 0.353 e. The van der Waals surface area contributed by atoms with Crippen LogP contribution in [-0.4, -0.2) is 74.8 Å². The number of carbonyl (C=O) groups is 1. The van der Waals surface area contributed by atoms with E-state index in [1.54, 1.807) is 0 Å². The van der Waals surface area contributed by atoms with Crippen molar-refractivity contribution in [3.8, 4) is 12.3 Å². The lowest BCUT2D eigenvalue weighted by Crippen LogP contribution is -2.49. The van der Waals surface area contributed by atoms with Gasteiger partial charge in [0.05, 0.1) is 11.7 Å². The van der Waals surface area contributed by atoms with Crippen LogP contribution in [0.5, 0.6) is 0 Å². The molecule has 3 aromatic rings. The highest BCUT2D eigenvalue weighted by Gasteiger charge is 2.24. The molecule has 0 aromatic carbocycles. The Labute approximate surface area is 211 Å². The molecule has 5 rings (SSSR count). The van der Waals surface area contributed by atoms with Crippen molar-refractivity contribution in [2.45, 2.75) is 45.6 Å². The number of terminal acetylenes is 1. The van der Waals surface area contributed by atoms with Crippen LogP contribution < -0.4 is 15.1 Å². The molecular formula is C26H33N9O. The summed E-state index contributed by atoms with van der Waals surface area (Å²) < 4.78 is 1.99. The minimum Gasteiger partial charge on any atom is -0.353 e. The molecule has 0 atom stereocenters. The molecule has 2 aliphatic heterocycles.